The molecule has 0 aliphatic heterocycles. The van der Waals surface area contributed by atoms with Gasteiger partial charge in [0.15, 0.2) is 0 Å². The SMILES string of the molecule is SOCC(COS)OS. The van der Waals surface area contributed by atoms with Gasteiger partial charge in [0.25, 0.3) is 0 Å². The molecule has 0 saturated heterocycles. The van der Waals surface area contributed by atoms with Crippen LogP contribution in [0.1, 0.15) is 0 Å². The van der Waals surface area contributed by atoms with Crippen molar-refractivity contribution < 1.29 is 12.5 Å². The summed E-state index contributed by atoms with van der Waals surface area (Å²) in [6.07, 6.45) is -0.219. The van der Waals surface area contributed by atoms with E-state index in [4.69, 9.17) is 0 Å². The third kappa shape index (κ3) is 5.38. The van der Waals surface area contributed by atoms with E-state index in [1.807, 2.05) is 0 Å². The fourth-order valence-corrected chi connectivity index (χ4v) is 0.729. The molecule has 0 fully saturated rings. The van der Waals surface area contributed by atoms with Crippen molar-refractivity contribution in [3.63, 3.8) is 0 Å². The van der Waals surface area contributed by atoms with Gasteiger partial charge in [0.05, 0.1) is 13.2 Å². The summed E-state index contributed by atoms with van der Waals surface area (Å²) < 4.78 is 13.5. The second-order valence-electron chi connectivity index (χ2n) is 1.32. The molecule has 0 unspecified atom stereocenters. The van der Waals surface area contributed by atoms with Gasteiger partial charge in [-0.25, -0.2) is 0 Å². The van der Waals surface area contributed by atoms with Gasteiger partial charge in [-0.15, -0.1) is 0 Å². The van der Waals surface area contributed by atoms with E-state index in [0.29, 0.717) is 13.2 Å². The van der Waals surface area contributed by atoms with Crippen LogP contribution < -0.4 is 0 Å². The zero-order chi connectivity index (χ0) is 7.11. The molecule has 0 amide bonds. The molecule has 3 nitrogen and oxygen atoms in total. The van der Waals surface area contributed by atoms with Crippen molar-refractivity contribution in [2.24, 2.45) is 0 Å². The highest BCUT2D eigenvalue weighted by Gasteiger charge is 2.06. The summed E-state index contributed by atoms with van der Waals surface area (Å²) in [5.41, 5.74) is 0. The number of hydrogen-bond donors (Lipinski definition) is 3. The van der Waals surface area contributed by atoms with Crippen LogP contribution in [0.2, 0.25) is 0 Å². The Hall–Kier alpha value is 0.930. The lowest BCUT2D eigenvalue weighted by molar-refractivity contribution is 0.123. The average Bonchev–Trinajstić information content (AvgIpc) is 1.88. The van der Waals surface area contributed by atoms with Crippen LogP contribution in [0, 0.1) is 0 Å². The summed E-state index contributed by atoms with van der Waals surface area (Å²) in [5, 5.41) is 0. The summed E-state index contributed by atoms with van der Waals surface area (Å²) in [4.78, 5) is 0. The van der Waals surface area contributed by atoms with Crippen molar-refractivity contribution >= 4 is 38.7 Å². The van der Waals surface area contributed by atoms with Gasteiger partial charge in [0.2, 0.25) is 0 Å². The normalized spacial score (nSPS) is 10.7. The summed E-state index contributed by atoms with van der Waals surface area (Å²) in [6, 6.07) is 0. The van der Waals surface area contributed by atoms with E-state index >= 15 is 0 Å². The molecule has 0 aromatic carbocycles. The molecule has 0 aliphatic carbocycles. The van der Waals surface area contributed by atoms with Gasteiger partial charge in [0, 0.05) is 0 Å². The minimum atomic E-state index is -0.219. The number of rotatable bonds is 5. The molecular weight excluding hydrogens is 180 g/mol. The van der Waals surface area contributed by atoms with Crippen molar-refractivity contribution in [1.29, 1.82) is 0 Å². The first-order valence-electron chi connectivity index (χ1n) is 2.18. The third-order valence-corrected chi connectivity index (χ3v) is 1.27. The van der Waals surface area contributed by atoms with Crippen molar-refractivity contribution in [3.05, 3.63) is 0 Å². The minimum absolute atomic E-state index is 0.219. The molecule has 0 aromatic rings. The van der Waals surface area contributed by atoms with E-state index in [9.17, 15) is 0 Å². The highest BCUT2D eigenvalue weighted by atomic mass is 32.1. The van der Waals surface area contributed by atoms with Gasteiger partial charge in [-0.3, -0.25) is 0 Å². The molecule has 0 atom stereocenters. The lowest BCUT2D eigenvalue weighted by Crippen LogP contribution is -2.18. The first kappa shape index (κ1) is 9.93. The lowest BCUT2D eigenvalue weighted by Gasteiger charge is -2.08. The molecule has 0 heterocycles. The zero-order valence-electron chi connectivity index (χ0n) is 4.56. The third-order valence-electron chi connectivity index (χ3n) is 0.670. The maximum absolute atomic E-state index is 4.58. The van der Waals surface area contributed by atoms with E-state index < -0.39 is 0 Å². The maximum atomic E-state index is 4.58. The predicted octanol–water partition coefficient (Wildman–Crippen LogP) is 0.939. The van der Waals surface area contributed by atoms with Gasteiger partial charge in [0.1, 0.15) is 6.10 Å². The molecule has 9 heavy (non-hydrogen) atoms. The van der Waals surface area contributed by atoms with Gasteiger partial charge in [-0.05, 0) is 38.7 Å². The van der Waals surface area contributed by atoms with Gasteiger partial charge < -0.3 is 12.5 Å². The van der Waals surface area contributed by atoms with Crippen molar-refractivity contribution in [2.45, 2.75) is 6.10 Å². The predicted molar refractivity (Wildman–Crippen MR) is 43.7 cm³/mol. The summed E-state index contributed by atoms with van der Waals surface area (Å²) in [5.74, 6) is 0. The average molecular weight is 188 g/mol. The Balaban J connectivity index is 3.18. The van der Waals surface area contributed by atoms with Crippen molar-refractivity contribution in [2.75, 3.05) is 13.2 Å². The van der Waals surface area contributed by atoms with E-state index in [-0.39, 0.29) is 6.10 Å². The van der Waals surface area contributed by atoms with Gasteiger partial charge in [-0.2, -0.15) is 0 Å². The van der Waals surface area contributed by atoms with E-state index in [0.717, 1.165) is 0 Å². The lowest BCUT2D eigenvalue weighted by atomic mass is 10.4. The van der Waals surface area contributed by atoms with Crippen LogP contribution in [0.5, 0.6) is 0 Å². The Morgan fingerprint density at radius 3 is 1.67 bits per heavy atom. The number of thiol groups is 3. The second-order valence-corrected chi connectivity index (χ2v) is 2.05. The van der Waals surface area contributed by atoms with E-state index in [2.05, 4.69) is 51.3 Å². The Kier molecular flexibility index (Phi) is 7.77. The quantitative estimate of drug-likeness (QED) is 0.443. The molecule has 0 rings (SSSR count). The summed E-state index contributed by atoms with van der Waals surface area (Å²) >= 11 is 10.6. The molecule has 56 valence electrons. The highest BCUT2D eigenvalue weighted by Crippen LogP contribution is 1.99. The zero-order valence-corrected chi connectivity index (χ0v) is 7.24. The molecule has 0 spiro atoms. The van der Waals surface area contributed by atoms with Crippen LogP contribution in [0.15, 0.2) is 0 Å². The van der Waals surface area contributed by atoms with Crippen molar-refractivity contribution in [1.82, 2.24) is 0 Å². The summed E-state index contributed by atoms with van der Waals surface area (Å²) in [7, 11) is 0. The van der Waals surface area contributed by atoms with Crippen molar-refractivity contribution in [3.8, 4) is 0 Å². The molecule has 6 heteroatoms. The molecular formula is C3H8O3S3. The largest absolute Gasteiger partial charge is 0.316 e. The topological polar surface area (TPSA) is 27.7 Å². The van der Waals surface area contributed by atoms with Crippen LogP contribution in [0.4, 0.5) is 0 Å². The van der Waals surface area contributed by atoms with E-state index in [1.165, 1.54) is 0 Å². The smallest absolute Gasteiger partial charge is 0.121 e. The molecule has 0 aromatic heterocycles. The van der Waals surface area contributed by atoms with Crippen LogP contribution in [-0.4, -0.2) is 19.3 Å². The monoisotopic (exact) mass is 188 g/mol. The maximum Gasteiger partial charge on any atom is 0.121 e. The number of hydrogen-bond acceptors (Lipinski definition) is 6. The van der Waals surface area contributed by atoms with Crippen LogP contribution >= 0.6 is 38.7 Å². The van der Waals surface area contributed by atoms with Crippen LogP contribution in [0.25, 0.3) is 0 Å². The van der Waals surface area contributed by atoms with E-state index in [1.54, 1.807) is 0 Å². The second kappa shape index (κ2) is 7.04. The molecule has 0 saturated carbocycles. The molecule has 0 N–H and O–H groups in total. The Morgan fingerprint density at radius 2 is 1.44 bits per heavy atom. The van der Waals surface area contributed by atoms with Crippen LogP contribution in [0.3, 0.4) is 0 Å². The fraction of sp³-hybridized carbons (Fsp3) is 1.00. The fourth-order valence-electron chi connectivity index (χ4n) is 0.275. The first-order valence-corrected chi connectivity index (χ1v) is 3.27. The van der Waals surface area contributed by atoms with Crippen LogP contribution in [-0.2, 0) is 12.5 Å². The Bertz CT molecular complexity index is 56.3. The standard InChI is InChI=1S/C3H8O3S3/c7-4-1-3(6-9)2-5-8/h3,7-9H,1-2H2. The van der Waals surface area contributed by atoms with Gasteiger partial charge >= 0.3 is 0 Å². The minimum Gasteiger partial charge on any atom is -0.316 e. The highest BCUT2D eigenvalue weighted by molar-refractivity contribution is 7.75. The Morgan fingerprint density at radius 1 is 1.00 bits per heavy atom. The molecule has 0 radical (unpaired) electrons. The Labute approximate surface area is 70.9 Å². The first-order chi connectivity index (χ1) is 4.35. The molecule has 0 bridgehead atoms. The summed E-state index contributed by atoms with van der Waals surface area (Å²) in [6.45, 7) is 0.653. The molecule has 0 aliphatic rings. The van der Waals surface area contributed by atoms with Gasteiger partial charge in [-0.1, -0.05) is 0 Å².